The largest absolute Gasteiger partial charge is 0.357 e. The van der Waals surface area contributed by atoms with Crippen LogP contribution in [0.3, 0.4) is 0 Å². The molecule has 2 aromatic heterocycles. The minimum absolute atomic E-state index is 0.0582. The Morgan fingerprint density at radius 1 is 1.38 bits per heavy atom. The van der Waals surface area contributed by atoms with Gasteiger partial charge in [-0.25, -0.2) is 9.78 Å². The molecule has 10 heteroatoms. The van der Waals surface area contributed by atoms with Crippen molar-refractivity contribution in [2.24, 2.45) is 0 Å². The van der Waals surface area contributed by atoms with Crippen LogP contribution in [0.2, 0.25) is 5.02 Å². The second-order valence-electron chi connectivity index (χ2n) is 7.18. The van der Waals surface area contributed by atoms with Crippen molar-refractivity contribution in [1.82, 2.24) is 35.3 Å². The Bertz CT molecular complexity index is 1020. The molecular formula is C19H22ClN7O2. The highest BCUT2D eigenvalue weighted by molar-refractivity contribution is 6.31. The fourth-order valence-electron chi connectivity index (χ4n) is 3.63. The molecule has 9 nitrogen and oxygen atoms in total. The zero-order chi connectivity index (χ0) is 20.4. The summed E-state index contributed by atoms with van der Waals surface area (Å²) < 4.78 is 0. The molecule has 0 bridgehead atoms. The third-order valence-electron chi connectivity index (χ3n) is 5.24. The number of halogens is 1. The molecule has 1 fully saturated rings. The number of nitrogens with one attached hydrogen (secondary N) is 3. The van der Waals surface area contributed by atoms with Crippen molar-refractivity contribution in [3.8, 4) is 0 Å². The maximum absolute atomic E-state index is 12.6. The normalized spacial score (nSPS) is 16.8. The van der Waals surface area contributed by atoms with Gasteiger partial charge >= 0.3 is 6.03 Å². The van der Waals surface area contributed by atoms with E-state index in [2.05, 4.69) is 25.5 Å². The molecular weight excluding hydrogens is 394 g/mol. The number of rotatable bonds is 4. The van der Waals surface area contributed by atoms with Crippen molar-refractivity contribution in [3.05, 3.63) is 47.1 Å². The van der Waals surface area contributed by atoms with E-state index in [1.165, 1.54) is 6.33 Å². The first-order valence-corrected chi connectivity index (χ1v) is 9.81. The molecule has 0 saturated carbocycles. The lowest BCUT2D eigenvalue weighted by Gasteiger charge is -2.37. The zero-order valence-corrected chi connectivity index (χ0v) is 16.7. The molecule has 0 aliphatic carbocycles. The maximum atomic E-state index is 12.6. The number of aromatic amines is 2. The maximum Gasteiger partial charge on any atom is 0.317 e. The summed E-state index contributed by atoms with van der Waals surface area (Å²) in [5, 5.41) is 10.9. The van der Waals surface area contributed by atoms with E-state index in [0.717, 1.165) is 29.4 Å². The van der Waals surface area contributed by atoms with Crippen LogP contribution in [0.4, 0.5) is 4.79 Å². The third-order valence-corrected chi connectivity index (χ3v) is 5.47. The molecule has 4 rings (SSSR count). The number of amides is 3. The number of carbonyl (C=O) groups excluding carboxylic acids is 2. The van der Waals surface area contributed by atoms with Crippen LogP contribution in [0, 0.1) is 0 Å². The molecule has 152 valence electrons. The number of benzene rings is 1. The lowest BCUT2D eigenvalue weighted by Crippen LogP contribution is -2.52. The predicted molar refractivity (Wildman–Crippen MR) is 109 cm³/mol. The van der Waals surface area contributed by atoms with Gasteiger partial charge in [-0.3, -0.25) is 9.89 Å². The Labute approximate surface area is 172 Å². The van der Waals surface area contributed by atoms with Crippen molar-refractivity contribution in [3.63, 3.8) is 0 Å². The average Bonchev–Trinajstić information content (AvgIpc) is 3.40. The number of aromatic nitrogens is 4. The molecule has 1 atom stereocenters. The van der Waals surface area contributed by atoms with Gasteiger partial charge in [-0.05, 0) is 37.1 Å². The summed E-state index contributed by atoms with van der Waals surface area (Å²) in [4.78, 5) is 35.7. The molecule has 0 spiro atoms. The molecule has 3 aromatic rings. The first kappa shape index (κ1) is 19.3. The van der Waals surface area contributed by atoms with Crippen LogP contribution in [0.1, 0.15) is 29.2 Å². The number of carbonyl (C=O) groups is 2. The van der Waals surface area contributed by atoms with Crippen molar-refractivity contribution >= 4 is 34.4 Å². The first-order chi connectivity index (χ1) is 14.0. The predicted octanol–water partition coefficient (Wildman–Crippen LogP) is 2.39. The first-order valence-electron chi connectivity index (χ1n) is 9.43. The quantitative estimate of drug-likeness (QED) is 0.607. The highest BCUT2D eigenvalue weighted by atomic mass is 35.5. The van der Waals surface area contributed by atoms with Crippen molar-refractivity contribution in [2.75, 3.05) is 20.1 Å². The molecule has 1 aliphatic rings. The minimum Gasteiger partial charge on any atom is -0.357 e. The van der Waals surface area contributed by atoms with Gasteiger partial charge in [-0.1, -0.05) is 11.6 Å². The van der Waals surface area contributed by atoms with Gasteiger partial charge in [0.25, 0.3) is 5.91 Å². The summed E-state index contributed by atoms with van der Waals surface area (Å²) in [5.41, 5.74) is 1.87. The van der Waals surface area contributed by atoms with E-state index in [1.54, 1.807) is 16.8 Å². The van der Waals surface area contributed by atoms with Gasteiger partial charge in [0.15, 0.2) is 0 Å². The van der Waals surface area contributed by atoms with E-state index >= 15 is 0 Å². The third kappa shape index (κ3) is 4.19. The van der Waals surface area contributed by atoms with Gasteiger partial charge in [-0.15, -0.1) is 0 Å². The van der Waals surface area contributed by atoms with Crippen LogP contribution in [-0.2, 0) is 6.54 Å². The van der Waals surface area contributed by atoms with Crippen molar-refractivity contribution in [1.29, 1.82) is 0 Å². The highest BCUT2D eigenvalue weighted by Crippen LogP contribution is 2.20. The fourth-order valence-corrected chi connectivity index (χ4v) is 3.81. The number of hydrogen-bond donors (Lipinski definition) is 3. The Morgan fingerprint density at radius 3 is 3.03 bits per heavy atom. The van der Waals surface area contributed by atoms with Crippen molar-refractivity contribution in [2.45, 2.75) is 25.4 Å². The summed E-state index contributed by atoms with van der Waals surface area (Å²) in [6.45, 7) is 1.49. The smallest absolute Gasteiger partial charge is 0.317 e. The van der Waals surface area contributed by atoms with Crippen LogP contribution in [0.5, 0.6) is 0 Å². The van der Waals surface area contributed by atoms with E-state index < -0.39 is 0 Å². The molecule has 1 saturated heterocycles. The van der Waals surface area contributed by atoms with E-state index in [4.69, 9.17) is 11.6 Å². The van der Waals surface area contributed by atoms with Crippen LogP contribution in [0.25, 0.3) is 10.9 Å². The number of hydrogen-bond acceptors (Lipinski definition) is 4. The zero-order valence-electron chi connectivity index (χ0n) is 16.0. The molecule has 3 N–H and O–H groups in total. The molecule has 29 heavy (non-hydrogen) atoms. The average molecular weight is 416 g/mol. The lowest BCUT2D eigenvalue weighted by atomic mass is 10.0. The van der Waals surface area contributed by atoms with Gasteiger partial charge in [0.1, 0.15) is 6.33 Å². The topological polar surface area (TPSA) is 110 Å². The number of likely N-dealkylation sites (tertiary alicyclic amines) is 1. The van der Waals surface area contributed by atoms with E-state index in [0.29, 0.717) is 24.7 Å². The standard InChI is InChI=1S/C19H22ClN7O2/c1-26(15-3-2-6-27(10-15)18(28)17-22-11-23-25-17)19(29)21-9-14-8-12-7-13(20)4-5-16(12)24-14/h4-5,7-8,11,15,24H,2-3,6,9-10H2,1H3,(H,21,29)(H,22,23,25)/t15-/m1/s1. The number of nitrogens with zero attached hydrogens (tertiary/aromatic N) is 4. The number of piperidine rings is 1. The summed E-state index contributed by atoms with van der Waals surface area (Å²) in [5.74, 6) is 0.0226. The molecule has 1 aromatic carbocycles. The number of urea groups is 1. The lowest BCUT2D eigenvalue weighted by molar-refractivity contribution is 0.0625. The number of H-pyrrole nitrogens is 2. The molecule has 0 radical (unpaired) electrons. The number of likely N-dealkylation sites (N-methyl/N-ethyl adjacent to an activating group) is 1. The van der Waals surface area contributed by atoms with Gasteiger partial charge in [-0.2, -0.15) is 5.10 Å². The second-order valence-corrected chi connectivity index (χ2v) is 7.61. The van der Waals surface area contributed by atoms with E-state index in [-0.39, 0.29) is 23.8 Å². The fraction of sp³-hybridized carbons (Fsp3) is 0.368. The van der Waals surface area contributed by atoms with Crippen LogP contribution in [0.15, 0.2) is 30.6 Å². The van der Waals surface area contributed by atoms with Crippen LogP contribution < -0.4 is 5.32 Å². The molecule has 3 amide bonds. The summed E-state index contributed by atoms with van der Waals surface area (Å²) in [6, 6.07) is 7.35. The van der Waals surface area contributed by atoms with Gasteiger partial charge in [0, 0.05) is 41.8 Å². The van der Waals surface area contributed by atoms with Gasteiger partial charge < -0.3 is 20.1 Å². The summed E-state index contributed by atoms with van der Waals surface area (Å²) >= 11 is 6.02. The Hall–Kier alpha value is -3.07. The minimum atomic E-state index is -0.197. The SMILES string of the molecule is CN(C(=O)NCc1cc2cc(Cl)ccc2[nH]1)[C@@H]1CCCN(C(=O)c2ncn[nH]2)C1. The number of fused-ring (bicyclic) bond motifs is 1. The Balaban J connectivity index is 1.34. The molecule has 0 unspecified atom stereocenters. The molecule has 1 aliphatic heterocycles. The Morgan fingerprint density at radius 2 is 2.24 bits per heavy atom. The highest BCUT2D eigenvalue weighted by Gasteiger charge is 2.30. The second kappa shape index (κ2) is 8.12. The van der Waals surface area contributed by atoms with Crippen LogP contribution >= 0.6 is 11.6 Å². The monoisotopic (exact) mass is 415 g/mol. The summed E-state index contributed by atoms with van der Waals surface area (Å²) in [6.07, 6.45) is 2.98. The van der Waals surface area contributed by atoms with Gasteiger partial charge in [0.2, 0.25) is 5.82 Å². The summed E-state index contributed by atoms with van der Waals surface area (Å²) in [7, 11) is 1.76. The van der Waals surface area contributed by atoms with E-state index in [1.807, 2.05) is 24.3 Å². The van der Waals surface area contributed by atoms with E-state index in [9.17, 15) is 9.59 Å². The van der Waals surface area contributed by atoms with Gasteiger partial charge in [0.05, 0.1) is 12.6 Å². The van der Waals surface area contributed by atoms with Crippen molar-refractivity contribution < 1.29 is 9.59 Å². The van der Waals surface area contributed by atoms with Crippen LogP contribution in [-0.4, -0.2) is 68.1 Å². The molecule has 3 heterocycles. The Kier molecular flexibility index (Phi) is 5.39.